The molecular weight excluding hydrogens is 258 g/mol. The predicted octanol–water partition coefficient (Wildman–Crippen LogP) is 2.25. The average Bonchev–Trinajstić information content (AvgIpc) is 2.34. The summed E-state index contributed by atoms with van der Waals surface area (Å²) >= 11 is 5.71. The van der Waals surface area contributed by atoms with Crippen LogP contribution in [0.25, 0.3) is 11.1 Å². The van der Waals surface area contributed by atoms with Crippen molar-refractivity contribution in [3.8, 4) is 11.1 Å². The summed E-state index contributed by atoms with van der Waals surface area (Å²) < 4.78 is 0. The topological polar surface area (TPSA) is 83.0 Å². The SMILES string of the molecule is Cc1c(-c2cccc([N+](=O)[O-])c2)cc(Cl)n[n+]1[O-]. The molecule has 0 unspecified atom stereocenters. The van der Waals surface area contributed by atoms with Gasteiger partial charge in [0, 0.05) is 24.2 Å². The van der Waals surface area contributed by atoms with Crippen molar-refractivity contribution in [3.05, 3.63) is 56.5 Å². The maximum Gasteiger partial charge on any atom is 0.270 e. The molecule has 92 valence electrons. The second-order valence-corrected chi connectivity index (χ2v) is 4.03. The van der Waals surface area contributed by atoms with Crippen molar-refractivity contribution in [2.24, 2.45) is 0 Å². The zero-order chi connectivity index (χ0) is 13.3. The Morgan fingerprint density at radius 2 is 2.11 bits per heavy atom. The fourth-order valence-corrected chi connectivity index (χ4v) is 1.77. The molecule has 0 bridgehead atoms. The molecular formula is C11H8ClN3O3. The highest BCUT2D eigenvalue weighted by molar-refractivity contribution is 6.29. The van der Waals surface area contributed by atoms with E-state index in [9.17, 15) is 15.3 Å². The number of rotatable bonds is 2. The number of halogens is 1. The molecule has 0 spiro atoms. The van der Waals surface area contributed by atoms with Crippen LogP contribution in [-0.4, -0.2) is 10.0 Å². The van der Waals surface area contributed by atoms with Crippen molar-refractivity contribution in [2.75, 3.05) is 0 Å². The minimum absolute atomic E-state index is 0.0390. The van der Waals surface area contributed by atoms with Crippen LogP contribution >= 0.6 is 11.6 Å². The highest BCUT2D eigenvalue weighted by Gasteiger charge is 2.15. The fraction of sp³-hybridized carbons (Fsp3) is 0.0909. The van der Waals surface area contributed by atoms with Gasteiger partial charge in [-0.05, 0) is 11.6 Å². The number of nitrogens with zero attached hydrogens (tertiary/aromatic N) is 3. The molecule has 0 amide bonds. The fourth-order valence-electron chi connectivity index (χ4n) is 1.60. The zero-order valence-electron chi connectivity index (χ0n) is 9.33. The molecule has 0 aliphatic heterocycles. The van der Waals surface area contributed by atoms with E-state index in [0.29, 0.717) is 21.7 Å². The third kappa shape index (κ3) is 2.23. The van der Waals surface area contributed by atoms with Crippen molar-refractivity contribution in [3.63, 3.8) is 0 Å². The van der Waals surface area contributed by atoms with E-state index in [2.05, 4.69) is 5.10 Å². The van der Waals surface area contributed by atoms with Crippen LogP contribution in [-0.2, 0) is 0 Å². The monoisotopic (exact) mass is 265 g/mol. The van der Waals surface area contributed by atoms with Gasteiger partial charge in [-0.3, -0.25) is 10.1 Å². The summed E-state index contributed by atoms with van der Waals surface area (Å²) in [6.07, 6.45) is 0. The average molecular weight is 266 g/mol. The van der Waals surface area contributed by atoms with Gasteiger partial charge in [0.2, 0.25) is 5.69 Å². The van der Waals surface area contributed by atoms with E-state index in [-0.39, 0.29) is 10.8 Å². The van der Waals surface area contributed by atoms with Crippen LogP contribution in [0.3, 0.4) is 0 Å². The number of nitro benzene ring substituents is 1. The van der Waals surface area contributed by atoms with Gasteiger partial charge in [-0.25, -0.2) is 0 Å². The molecule has 0 aliphatic carbocycles. The van der Waals surface area contributed by atoms with E-state index in [1.165, 1.54) is 18.2 Å². The summed E-state index contributed by atoms with van der Waals surface area (Å²) in [6.45, 7) is 1.57. The Hall–Kier alpha value is -2.21. The van der Waals surface area contributed by atoms with E-state index < -0.39 is 4.92 Å². The molecule has 0 aliphatic rings. The third-order valence-electron chi connectivity index (χ3n) is 2.49. The van der Waals surface area contributed by atoms with Crippen LogP contribution in [0.5, 0.6) is 0 Å². The highest BCUT2D eigenvalue weighted by Crippen LogP contribution is 2.26. The number of non-ortho nitro benzene ring substituents is 1. The van der Waals surface area contributed by atoms with Crippen LogP contribution < -0.4 is 4.85 Å². The van der Waals surface area contributed by atoms with E-state index in [1.807, 2.05) is 0 Å². The van der Waals surface area contributed by atoms with Crippen LogP contribution in [0.1, 0.15) is 5.69 Å². The van der Waals surface area contributed by atoms with E-state index in [1.54, 1.807) is 19.1 Å². The lowest BCUT2D eigenvalue weighted by Crippen LogP contribution is -2.35. The smallest absolute Gasteiger partial charge is 0.270 e. The second-order valence-electron chi connectivity index (χ2n) is 3.65. The van der Waals surface area contributed by atoms with Gasteiger partial charge in [-0.2, -0.15) is 0 Å². The van der Waals surface area contributed by atoms with E-state index >= 15 is 0 Å². The molecule has 0 fully saturated rings. The van der Waals surface area contributed by atoms with Crippen LogP contribution in [0.2, 0.25) is 5.15 Å². The van der Waals surface area contributed by atoms with Gasteiger partial charge in [-0.15, -0.1) is 0 Å². The van der Waals surface area contributed by atoms with Gasteiger partial charge in [0.05, 0.1) is 10.5 Å². The van der Waals surface area contributed by atoms with Crippen molar-refractivity contribution in [1.29, 1.82) is 0 Å². The second kappa shape index (κ2) is 4.58. The van der Waals surface area contributed by atoms with Gasteiger partial charge >= 0.3 is 0 Å². The Morgan fingerprint density at radius 3 is 2.78 bits per heavy atom. The first kappa shape index (κ1) is 12.3. The number of nitro groups is 1. The normalized spacial score (nSPS) is 10.3. The minimum Gasteiger partial charge on any atom is -0.594 e. The lowest BCUT2D eigenvalue weighted by molar-refractivity contribution is -0.674. The van der Waals surface area contributed by atoms with Crippen molar-refractivity contribution in [2.45, 2.75) is 6.92 Å². The van der Waals surface area contributed by atoms with Gasteiger partial charge in [0.25, 0.3) is 5.69 Å². The molecule has 6 nitrogen and oxygen atoms in total. The summed E-state index contributed by atoms with van der Waals surface area (Å²) in [5.41, 5.74) is 1.36. The standard InChI is InChI=1S/C11H8ClN3O3/c1-7-10(6-11(12)13-14(7)16)8-3-2-4-9(5-8)15(17)18/h2-6H,1H3. The maximum atomic E-state index is 11.4. The molecule has 2 aromatic rings. The first-order valence-corrected chi connectivity index (χ1v) is 5.38. The minimum atomic E-state index is -0.493. The van der Waals surface area contributed by atoms with Crippen LogP contribution in [0.15, 0.2) is 30.3 Å². The third-order valence-corrected chi connectivity index (χ3v) is 2.68. The van der Waals surface area contributed by atoms with Gasteiger partial charge < -0.3 is 5.21 Å². The molecule has 7 heteroatoms. The van der Waals surface area contributed by atoms with Gasteiger partial charge in [-0.1, -0.05) is 28.6 Å². The molecule has 0 saturated carbocycles. The van der Waals surface area contributed by atoms with Crippen molar-refractivity contribution in [1.82, 2.24) is 5.10 Å². The molecule has 0 N–H and O–H groups in total. The van der Waals surface area contributed by atoms with E-state index in [0.717, 1.165) is 0 Å². The molecule has 2 rings (SSSR count). The quantitative estimate of drug-likeness (QED) is 0.361. The molecule has 1 aromatic carbocycles. The number of hydrogen-bond donors (Lipinski definition) is 0. The highest BCUT2D eigenvalue weighted by atomic mass is 35.5. The zero-order valence-corrected chi connectivity index (χ0v) is 10.1. The van der Waals surface area contributed by atoms with Gasteiger partial charge in [0.1, 0.15) is 0 Å². The lowest BCUT2D eigenvalue weighted by atomic mass is 10.0. The Morgan fingerprint density at radius 1 is 1.39 bits per heavy atom. The number of hydrogen-bond acceptors (Lipinski definition) is 4. The summed E-state index contributed by atoms with van der Waals surface area (Å²) in [5.74, 6) is 0. The summed E-state index contributed by atoms with van der Waals surface area (Å²) in [5, 5.41) is 25.7. The Kier molecular flexibility index (Phi) is 3.12. The molecule has 0 atom stereocenters. The number of benzene rings is 1. The van der Waals surface area contributed by atoms with Gasteiger partial charge in [0.15, 0.2) is 5.15 Å². The Labute approximate surface area is 107 Å². The van der Waals surface area contributed by atoms with Crippen molar-refractivity contribution < 1.29 is 9.77 Å². The maximum absolute atomic E-state index is 11.4. The molecule has 18 heavy (non-hydrogen) atoms. The summed E-state index contributed by atoms with van der Waals surface area (Å²) in [4.78, 5) is 10.6. The molecule has 0 saturated heterocycles. The predicted molar refractivity (Wildman–Crippen MR) is 65.0 cm³/mol. The number of aromatic nitrogens is 2. The Balaban J connectivity index is 2.62. The van der Waals surface area contributed by atoms with E-state index in [4.69, 9.17) is 11.6 Å². The molecule has 1 heterocycles. The largest absolute Gasteiger partial charge is 0.594 e. The van der Waals surface area contributed by atoms with Crippen molar-refractivity contribution >= 4 is 17.3 Å². The van der Waals surface area contributed by atoms with Crippen LogP contribution in [0.4, 0.5) is 5.69 Å². The molecule has 1 aromatic heterocycles. The van der Waals surface area contributed by atoms with Crippen LogP contribution in [0, 0.1) is 22.2 Å². The Bertz CT molecular complexity index is 631. The first-order chi connectivity index (χ1) is 8.49. The molecule has 0 radical (unpaired) electrons. The first-order valence-electron chi connectivity index (χ1n) is 5.01. The summed E-state index contributed by atoms with van der Waals surface area (Å²) in [6, 6.07) is 7.50. The summed E-state index contributed by atoms with van der Waals surface area (Å²) in [7, 11) is 0. The lowest BCUT2D eigenvalue weighted by Gasteiger charge is -2.05.